The van der Waals surface area contributed by atoms with Gasteiger partial charge in [0.1, 0.15) is 0 Å². The molecule has 0 unspecified atom stereocenters. The zero-order valence-corrected chi connectivity index (χ0v) is 19.7. The third-order valence-corrected chi connectivity index (χ3v) is 6.56. The summed E-state index contributed by atoms with van der Waals surface area (Å²) in [6, 6.07) is 16.0. The van der Waals surface area contributed by atoms with Crippen LogP contribution in [0.5, 0.6) is 0 Å². The molecular formula is C26H32N6O2. The highest BCUT2D eigenvalue weighted by atomic mass is 16.5. The number of ether oxygens (including phenoxy) is 1. The fourth-order valence-electron chi connectivity index (χ4n) is 4.64. The number of hydrogen-bond acceptors (Lipinski definition) is 7. The number of hydrogen-bond donors (Lipinski definition) is 1. The number of amides is 1. The summed E-state index contributed by atoms with van der Waals surface area (Å²) >= 11 is 0. The lowest BCUT2D eigenvalue weighted by Crippen LogP contribution is -2.49. The quantitative estimate of drug-likeness (QED) is 0.606. The second kappa shape index (κ2) is 10.4. The standard InChI is InChI=1S/C26H32N6O2/c1-2-20-7-3-4-8-21(20)27-24(33)19-30-11-13-31(14-12-30)25-26(32-15-17-34-18-16-32)29-23-10-6-5-9-22(23)28-25/h3-10H,2,11-19H2,1H3,(H,27,33). The Morgan fingerprint density at radius 3 is 2.09 bits per heavy atom. The van der Waals surface area contributed by atoms with E-state index < -0.39 is 0 Å². The fourth-order valence-corrected chi connectivity index (χ4v) is 4.64. The minimum Gasteiger partial charge on any atom is -0.378 e. The van der Waals surface area contributed by atoms with Crippen molar-refractivity contribution < 1.29 is 9.53 Å². The number of benzene rings is 2. The van der Waals surface area contributed by atoms with Gasteiger partial charge in [-0.1, -0.05) is 37.3 Å². The Balaban J connectivity index is 1.27. The van der Waals surface area contributed by atoms with E-state index in [1.54, 1.807) is 0 Å². The highest BCUT2D eigenvalue weighted by molar-refractivity contribution is 5.93. The molecule has 2 fully saturated rings. The number of carbonyl (C=O) groups excluding carboxylic acids is 1. The molecule has 3 aromatic rings. The number of aryl methyl sites for hydroxylation is 1. The van der Waals surface area contributed by atoms with Crippen LogP contribution < -0.4 is 15.1 Å². The summed E-state index contributed by atoms with van der Waals surface area (Å²) in [7, 11) is 0. The van der Waals surface area contributed by atoms with E-state index in [1.165, 1.54) is 0 Å². The molecule has 1 N–H and O–H groups in total. The van der Waals surface area contributed by atoms with Gasteiger partial charge in [0.05, 0.1) is 30.8 Å². The topological polar surface area (TPSA) is 73.8 Å². The molecular weight excluding hydrogens is 428 g/mol. The first-order valence-electron chi connectivity index (χ1n) is 12.2. The van der Waals surface area contributed by atoms with Crippen LogP contribution in [0.25, 0.3) is 11.0 Å². The molecule has 1 aromatic heterocycles. The number of nitrogens with one attached hydrogen (secondary N) is 1. The largest absolute Gasteiger partial charge is 0.378 e. The number of anilines is 3. The van der Waals surface area contributed by atoms with E-state index >= 15 is 0 Å². The average molecular weight is 461 g/mol. The van der Waals surface area contributed by atoms with Crippen molar-refractivity contribution in [2.75, 3.05) is 74.1 Å². The molecule has 0 atom stereocenters. The maximum Gasteiger partial charge on any atom is 0.238 e. The van der Waals surface area contributed by atoms with Gasteiger partial charge in [0.25, 0.3) is 0 Å². The van der Waals surface area contributed by atoms with Crippen LogP contribution in [0.15, 0.2) is 48.5 Å². The lowest BCUT2D eigenvalue weighted by Gasteiger charge is -2.37. The summed E-state index contributed by atoms with van der Waals surface area (Å²) in [5.74, 6) is 1.90. The van der Waals surface area contributed by atoms with Gasteiger partial charge in [-0.05, 0) is 30.2 Å². The lowest BCUT2D eigenvalue weighted by molar-refractivity contribution is -0.117. The van der Waals surface area contributed by atoms with Crippen molar-refractivity contribution in [1.82, 2.24) is 14.9 Å². The van der Waals surface area contributed by atoms with Crippen molar-refractivity contribution in [3.63, 3.8) is 0 Å². The number of nitrogens with zero attached hydrogens (tertiary/aromatic N) is 5. The minimum atomic E-state index is 0.0360. The summed E-state index contributed by atoms with van der Waals surface area (Å²) in [4.78, 5) is 29.5. The summed E-state index contributed by atoms with van der Waals surface area (Å²) in [5, 5.41) is 3.09. The van der Waals surface area contributed by atoms with Crippen molar-refractivity contribution in [2.24, 2.45) is 0 Å². The van der Waals surface area contributed by atoms with Gasteiger partial charge >= 0.3 is 0 Å². The first kappa shape index (κ1) is 22.6. The second-order valence-electron chi connectivity index (χ2n) is 8.78. The summed E-state index contributed by atoms with van der Waals surface area (Å²) < 4.78 is 5.55. The predicted octanol–water partition coefficient (Wildman–Crippen LogP) is 2.79. The molecule has 0 saturated carbocycles. The number of aromatic nitrogens is 2. The van der Waals surface area contributed by atoms with Crippen LogP contribution in [0.1, 0.15) is 12.5 Å². The normalized spacial score (nSPS) is 17.2. The molecule has 2 aliphatic heterocycles. The zero-order chi connectivity index (χ0) is 23.3. The van der Waals surface area contributed by atoms with Crippen molar-refractivity contribution in [2.45, 2.75) is 13.3 Å². The number of para-hydroxylation sites is 3. The Morgan fingerprint density at radius 1 is 0.853 bits per heavy atom. The third-order valence-electron chi connectivity index (χ3n) is 6.56. The Hall–Kier alpha value is -3.23. The molecule has 8 nitrogen and oxygen atoms in total. The smallest absolute Gasteiger partial charge is 0.238 e. The Bertz CT molecular complexity index is 1140. The Morgan fingerprint density at radius 2 is 1.44 bits per heavy atom. The van der Waals surface area contributed by atoms with Crippen molar-refractivity contribution in [3.8, 4) is 0 Å². The van der Waals surface area contributed by atoms with E-state index in [0.29, 0.717) is 19.8 Å². The van der Waals surface area contributed by atoms with Crippen LogP contribution in [0.2, 0.25) is 0 Å². The lowest BCUT2D eigenvalue weighted by atomic mass is 10.1. The Labute approximate surface area is 200 Å². The Kier molecular flexibility index (Phi) is 6.87. The number of fused-ring (bicyclic) bond motifs is 1. The van der Waals surface area contributed by atoms with Gasteiger partial charge in [0.15, 0.2) is 11.6 Å². The third kappa shape index (κ3) is 4.98. The van der Waals surface area contributed by atoms with Gasteiger partial charge < -0.3 is 19.9 Å². The molecule has 2 aromatic carbocycles. The highest BCUT2D eigenvalue weighted by Crippen LogP contribution is 2.29. The first-order valence-corrected chi connectivity index (χ1v) is 12.2. The van der Waals surface area contributed by atoms with Crippen LogP contribution in [-0.4, -0.2) is 79.8 Å². The molecule has 0 aliphatic carbocycles. The van der Waals surface area contributed by atoms with Gasteiger partial charge in [-0.15, -0.1) is 0 Å². The number of piperazine rings is 1. The van der Waals surface area contributed by atoms with Crippen molar-refractivity contribution in [1.29, 1.82) is 0 Å². The van der Waals surface area contributed by atoms with Crippen LogP contribution in [0.3, 0.4) is 0 Å². The second-order valence-corrected chi connectivity index (χ2v) is 8.78. The van der Waals surface area contributed by atoms with Crippen LogP contribution >= 0.6 is 0 Å². The fraction of sp³-hybridized carbons (Fsp3) is 0.423. The van der Waals surface area contributed by atoms with Gasteiger partial charge in [0, 0.05) is 45.0 Å². The molecule has 8 heteroatoms. The predicted molar refractivity (Wildman–Crippen MR) is 136 cm³/mol. The molecule has 0 radical (unpaired) electrons. The van der Waals surface area contributed by atoms with Gasteiger partial charge in [0.2, 0.25) is 5.91 Å². The van der Waals surface area contributed by atoms with Crippen LogP contribution in [0, 0.1) is 0 Å². The van der Waals surface area contributed by atoms with Gasteiger partial charge in [-0.25, -0.2) is 9.97 Å². The van der Waals surface area contributed by atoms with E-state index in [0.717, 1.165) is 79.6 Å². The van der Waals surface area contributed by atoms with E-state index in [4.69, 9.17) is 14.7 Å². The van der Waals surface area contributed by atoms with E-state index in [1.807, 2.05) is 42.5 Å². The molecule has 2 saturated heterocycles. The minimum absolute atomic E-state index is 0.0360. The van der Waals surface area contributed by atoms with Crippen LogP contribution in [0.4, 0.5) is 17.3 Å². The number of rotatable bonds is 6. The van der Waals surface area contributed by atoms with E-state index in [-0.39, 0.29) is 5.91 Å². The zero-order valence-electron chi connectivity index (χ0n) is 19.7. The van der Waals surface area contributed by atoms with Gasteiger partial charge in [-0.3, -0.25) is 9.69 Å². The first-order chi connectivity index (χ1) is 16.7. The van der Waals surface area contributed by atoms with E-state index in [2.05, 4.69) is 33.0 Å². The molecule has 0 bridgehead atoms. The average Bonchev–Trinajstić information content (AvgIpc) is 2.89. The highest BCUT2D eigenvalue weighted by Gasteiger charge is 2.26. The molecule has 2 aliphatic rings. The molecule has 34 heavy (non-hydrogen) atoms. The number of morpholine rings is 1. The molecule has 1 amide bonds. The van der Waals surface area contributed by atoms with Crippen molar-refractivity contribution >= 4 is 34.3 Å². The monoisotopic (exact) mass is 460 g/mol. The molecule has 0 spiro atoms. The number of carbonyl (C=O) groups is 1. The van der Waals surface area contributed by atoms with Crippen molar-refractivity contribution in [3.05, 3.63) is 54.1 Å². The summed E-state index contributed by atoms with van der Waals surface area (Å²) in [6.45, 7) is 8.78. The van der Waals surface area contributed by atoms with Gasteiger partial charge in [-0.2, -0.15) is 0 Å². The van der Waals surface area contributed by atoms with E-state index in [9.17, 15) is 4.79 Å². The molecule has 178 valence electrons. The summed E-state index contributed by atoms with van der Waals surface area (Å²) in [6.07, 6.45) is 0.896. The maximum atomic E-state index is 12.7. The van der Waals surface area contributed by atoms with Crippen LogP contribution in [-0.2, 0) is 16.0 Å². The SMILES string of the molecule is CCc1ccccc1NC(=O)CN1CCN(c2nc3ccccc3nc2N2CCOCC2)CC1. The molecule has 3 heterocycles. The summed E-state index contributed by atoms with van der Waals surface area (Å²) in [5.41, 5.74) is 3.89. The molecule has 5 rings (SSSR count). The maximum absolute atomic E-state index is 12.7.